The Bertz CT molecular complexity index is 464. The number of hydrogen-bond acceptors (Lipinski definition) is 3. The zero-order valence-corrected chi connectivity index (χ0v) is 10.5. The van der Waals surface area contributed by atoms with Gasteiger partial charge in [0.2, 0.25) is 0 Å². The van der Waals surface area contributed by atoms with Gasteiger partial charge < -0.3 is 10.4 Å². The number of hydrogen-bond donors (Lipinski definition) is 2. The van der Waals surface area contributed by atoms with Crippen molar-refractivity contribution in [3.8, 4) is 12.3 Å². The van der Waals surface area contributed by atoms with Crippen LogP contribution >= 0.6 is 15.9 Å². The molecule has 5 heteroatoms. The van der Waals surface area contributed by atoms with Gasteiger partial charge in [0.15, 0.2) is 0 Å². The van der Waals surface area contributed by atoms with Gasteiger partial charge in [-0.25, -0.2) is 9.78 Å². The van der Waals surface area contributed by atoms with Crippen molar-refractivity contribution in [2.24, 2.45) is 0 Å². The quantitative estimate of drug-likeness (QED) is 0.836. The molecule has 0 bridgehead atoms. The van der Waals surface area contributed by atoms with Gasteiger partial charge in [0.25, 0.3) is 0 Å². The molecule has 0 radical (unpaired) electrons. The fourth-order valence-corrected chi connectivity index (χ4v) is 1.37. The van der Waals surface area contributed by atoms with Crippen LogP contribution < -0.4 is 5.32 Å². The second-order valence-electron chi connectivity index (χ2n) is 3.75. The molecule has 0 amide bonds. The molecule has 0 aliphatic rings. The van der Waals surface area contributed by atoms with Crippen molar-refractivity contribution in [3.05, 3.63) is 22.3 Å². The predicted octanol–water partition coefficient (Wildman–Crippen LogP) is 2.37. The third kappa shape index (κ3) is 2.97. The average molecular weight is 283 g/mol. The number of aromatic nitrogens is 1. The SMILES string of the molecule is C#CC(C)(C)Nc1ncc(Br)cc1C(=O)O. The Hall–Kier alpha value is -1.54. The number of carboxylic acids is 1. The smallest absolute Gasteiger partial charge is 0.339 e. The molecule has 1 aromatic heterocycles. The molecular weight excluding hydrogens is 272 g/mol. The Kier molecular flexibility index (Phi) is 3.55. The number of halogens is 1. The molecule has 1 aromatic rings. The van der Waals surface area contributed by atoms with E-state index in [1.54, 1.807) is 13.8 Å². The Balaban J connectivity index is 3.15. The highest BCUT2D eigenvalue weighted by Crippen LogP contribution is 2.21. The standard InChI is InChI=1S/C11H11BrN2O2/c1-4-11(2,3)14-9-8(10(15)16)5-7(12)6-13-9/h1,5-6H,2-3H3,(H,13,14)(H,15,16). The van der Waals surface area contributed by atoms with Crippen molar-refractivity contribution in [1.29, 1.82) is 0 Å². The van der Waals surface area contributed by atoms with Gasteiger partial charge in [0.05, 0.1) is 5.54 Å². The number of pyridine rings is 1. The maximum atomic E-state index is 11.0. The summed E-state index contributed by atoms with van der Waals surface area (Å²) in [7, 11) is 0. The summed E-state index contributed by atoms with van der Waals surface area (Å²) < 4.78 is 0.606. The fraction of sp³-hybridized carbons (Fsp3) is 0.273. The van der Waals surface area contributed by atoms with Gasteiger partial charge in [-0.1, -0.05) is 5.92 Å². The maximum absolute atomic E-state index is 11.0. The summed E-state index contributed by atoms with van der Waals surface area (Å²) in [5, 5.41) is 11.9. The second-order valence-corrected chi connectivity index (χ2v) is 4.66. The van der Waals surface area contributed by atoms with E-state index in [1.165, 1.54) is 12.3 Å². The monoisotopic (exact) mass is 282 g/mol. The van der Waals surface area contributed by atoms with Crippen molar-refractivity contribution in [2.75, 3.05) is 5.32 Å². The maximum Gasteiger partial charge on any atom is 0.339 e. The van der Waals surface area contributed by atoms with Crippen LogP contribution in [0.3, 0.4) is 0 Å². The number of carbonyl (C=O) groups is 1. The highest BCUT2D eigenvalue weighted by Gasteiger charge is 2.19. The molecule has 0 spiro atoms. The Morgan fingerprint density at radius 3 is 2.81 bits per heavy atom. The Morgan fingerprint density at radius 1 is 1.69 bits per heavy atom. The molecule has 0 fully saturated rings. The molecule has 0 aromatic carbocycles. The third-order valence-electron chi connectivity index (χ3n) is 1.88. The average Bonchev–Trinajstić information content (AvgIpc) is 2.20. The number of aromatic carboxylic acids is 1. The predicted molar refractivity (Wildman–Crippen MR) is 65.4 cm³/mol. The zero-order chi connectivity index (χ0) is 12.3. The van der Waals surface area contributed by atoms with Crippen LogP contribution in [0.15, 0.2) is 16.7 Å². The largest absolute Gasteiger partial charge is 0.478 e. The summed E-state index contributed by atoms with van der Waals surface area (Å²) in [4.78, 5) is 15.0. The minimum atomic E-state index is -1.05. The van der Waals surface area contributed by atoms with Gasteiger partial charge in [0, 0.05) is 10.7 Å². The van der Waals surface area contributed by atoms with Crippen molar-refractivity contribution in [3.63, 3.8) is 0 Å². The summed E-state index contributed by atoms with van der Waals surface area (Å²) in [5.41, 5.74) is -0.567. The summed E-state index contributed by atoms with van der Waals surface area (Å²) in [6.45, 7) is 3.53. The van der Waals surface area contributed by atoms with E-state index < -0.39 is 11.5 Å². The minimum Gasteiger partial charge on any atom is -0.478 e. The van der Waals surface area contributed by atoms with Crippen LogP contribution in [-0.2, 0) is 0 Å². The Morgan fingerprint density at radius 2 is 2.31 bits per heavy atom. The first-order chi connectivity index (χ1) is 7.35. The van der Waals surface area contributed by atoms with E-state index in [0.29, 0.717) is 4.47 Å². The van der Waals surface area contributed by atoms with E-state index in [4.69, 9.17) is 11.5 Å². The summed E-state index contributed by atoms with van der Waals surface area (Å²) in [6, 6.07) is 1.48. The highest BCUT2D eigenvalue weighted by atomic mass is 79.9. The first-order valence-corrected chi connectivity index (χ1v) is 5.30. The number of terminal acetylenes is 1. The van der Waals surface area contributed by atoms with Crippen molar-refractivity contribution in [2.45, 2.75) is 19.4 Å². The highest BCUT2D eigenvalue weighted by molar-refractivity contribution is 9.10. The molecule has 0 aliphatic carbocycles. The molecule has 1 rings (SSSR count). The molecule has 2 N–H and O–H groups in total. The number of nitrogens with zero attached hydrogens (tertiary/aromatic N) is 1. The number of nitrogens with one attached hydrogen (secondary N) is 1. The molecule has 1 heterocycles. The van der Waals surface area contributed by atoms with E-state index in [9.17, 15) is 4.79 Å². The van der Waals surface area contributed by atoms with Gasteiger partial charge in [-0.3, -0.25) is 0 Å². The molecule has 0 unspecified atom stereocenters. The normalized spacial score (nSPS) is 10.6. The van der Waals surface area contributed by atoms with E-state index in [2.05, 4.69) is 32.2 Å². The van der Waals surface area contributed by atoms with Gasteiger partial charge in [-0.15, -0.1) is 6.42 Å². The van der Waals surface area contributed by atoms with Crippen LogP contribution in [0.5, 0.6) is 0 Å². The fourth-order valence-electron chi connectivity index (χ4n) is 1.03. The van der Waals surface area contributed by atoms with E-state index >= 15 is 0 Å². The van der Waals surface area contributed by atoms with E-state index in [1.807, 2.05) is 0 Å². The summed E-state index contributed by atoms with van der Waals surface area (Å²) in [6.07, 6.45) is 6.83. The van der Waals surface area contributed by atoms with Gasteiger partial charge in [-0.05, 0) is 35.8 Å². The molecule has 0 atom stereocenters. The second kappa shape index (κ2) is 4.54. The van der Waals surface area contributed by atoms with Crippen LogP contribution in [0.1, 0.15) is 24.2 Å². The molecule has 0 aliphatic heterocycles. The topological polar surface area (TPSA) is 62.2 Å². The van der Waals surface area contributed by atoms with Crippen LogP contribution in [0.4, 0.5) is 5.82 Å². The zero-order valence-electron chi connectivity index (χ0n) is 8.91. The van der Waals surface area contributed by atoms with Gasteiger partial charge in [0.1, 0.15) is 11.4 Å². The van der Waals surface area contributed by atoms with Gasteiger partial charge >= 0.3 is 5.97 Å². The molecular formula is C11H11BrN2O2. The lowest BCUT2D eigenvalue weighted by Crippen LogP contribution is -2.30. The lowest BCUT2D eigenvalue weighted by molar-refractivity contribution is 0.0697. The molecule has 84 valence electrons. The Labute approximate surface area is 102 Å². The minimum absolute atomic E-state index is 0.0812. The summed E-state index contributed by atoms with van der Waals surface area (Å²) >= 11 is 3.17. The van der Waals surface area contributed by atoms with Crippen LogP contribution in [-0.4, -0.2) is 21.6 Å². The first-order valence-electron chi connectivity index (χ1n) is 4.50. The molecule has 0 saturated heterocycles. The summed E-state index contributed by atoms with van der Waals surface area (Å²) in [5.74, 6) is 1.73. The van der Waals surface area contributed by atoms with Crippen LogP contribution in [0.25, 0.3) is 0 Å². The number of carboxylic acid groups (broad SMARTS) is 1. The van der Waals surface area contributed by atoms with Crippen molar-refractivity contribution >= 4 is 27.7 Å². The molecule has 0 saturated carbocycles. The number of rotatable bonds is 3. The first kappa shape index (κ1) is 12.5. The van der Waals surface area contributed by atoms with Crippen molar-refractivity contribution in [1.82, 2.24) is 4.98 Å². The number of anilines is 1. The van der Waals surface area contributed by atoms with Crippen LogP contribution in [0, 0.1) is 12.3 Å². The van der Waals surface area contributed by atoms with Gasteiger partial charge in [-0.2, -0.15) is 0 Å². The van der Waals surface area contributed by atoms with Crippen molar-refractivity contribution < 1.29 is 9.90 Å². The van der Waals surface area contributed by atoms with E-state index in [0.717, 1.165) is 0 Å². The lowest BCUT2D eigenvalue weighted by atomic mass is 10.1. The third-order valence-corrected chi connectivity index (χ3v) is 2.31. The van der Waals surface area contributed by atoms with Crippen LogP contribution in [0.2, 0.25) is 0 Å². The molecule has 16 heavy (non-hydrogen) atoms. The molecule has 4 nitrogen and oxygen atoms in total. The van der Waals surface area contributed by atoms with E-state index in [-0.39, 0.29) is 11.4 Å². The lowest BCUT2D eigenvalue weighted by Gasteiger charge is -2.21.